The van der Waals surface area contributed by atoms with Gasteiger partial charge in [-0.1, -0.05) is 0 Å². The molecule has 4 heteroatoms. The van der Waals surface area contributed by atoms with Crippen LogP contribution in [-0.2, 0) is 11.8 Å². The Kier molecular flexibility index (Phi) is 6.84. The highest BCUT2D eigenvalue weighted by molar-refractivity contribution is 7.95. The lowest BCUT2D eigenvalue weighted by molar-refractivity contribution is 1.30. The number of hydrogen-bond acceptors (Lipinski definition) is 2. The summed E-state index contributed by atoms with van der Waals surface area (Å²) in [5, 5.41) is 5.72. The van der Waals surface area contributed by atoms with E-state index < -0.39 is 0 Å². The van der Waals surface area contributed by atoms with E-state index in [0.717, 1.165) is 7.51 Å². The Hall–Kier alpha value is 0.440. The molecule has 0 unspecified atom stereocenters. The summed E-state index contributed by atoms with van der Waals surface area (Å²) in [6.45, 7) is 2.50. The van der Waals surface area contributed by atoms with Gasteiger partial charge in [-0.15, -0.1) is 0 Å². The van der Waals surface area contributed by atoms with Crippen molar-refractivity contribution in [1.82, 2.24) is 10.4 Å². The Bertz CT molecular complexity index is 45.4. The molecular formula is C3H9N2PS. The molecule has 0 bridgehead atoms. The molecule has 0 aromatic heterocycles. The maximum absolute atomic E-state index is 4.41. The van der Waals surface area contributed by atoms with Crippen molar-refractivity contribution in [2.75, 3.05) is 20.1 Å². The van der Waals surface area contributed by atoms with Crippen molar-refractivity contribution >= 4 is 19.3 Å². The molecule has 0 radical (unpaired) electrons. The maximum Gasteiger partial charge on any atom is 0.0582 e. The fourth-order valence-electron chi connectivity index (χ4n) is 0. The summed E-state index contributed by atoms with van der Waals surface area (Å²) in [7, 11) is 2.65. The van der Waals surface area contributed by atoms with Crippen molar-refractivity contribution in [2.45, 2.75) is 0 Å². The van der Waals surface area contributed by atoms with Crippen LogP contribution in [0.4, 0.5) is 0 Å². The van der Waals surface area contributed by atoms with Crippen molar-refractivity contribution in [3.8, 4) is 0 Å². The Morgan fingerprint density at radius 2 is 2.00 bits per heavy atom. The van der Waals surface area contributed by atoms with E-state index in [2.05, 4.69) is 22.2 Å². The van der Waals surface area contributed by atoms with Gasteiger partial charge in [0.25, 0.3) is 0 Å². The van der Waals surface area contributed by atoms with Crippen LogP contribution in [0, 0.1) is 0 Å². The van der Waals surface area contributed by atoms with Gasteiger partial charge in [0.15, 0.2) is 0 Å². The van der Waals surface area contributed by atoms with E-state index in [1.807, 2.05) is 7.05 Å². The van der Waals surface area contributed by atoms with Crippen LogP contribution in [0.2, 0.25) is 0 Å². The van der Waals surface area contributed by atoms with Gasteiger partial charge in [0, 0.05) is 13.1 Å². The Balaban J connectivity index is 0.000000105. The molecule has 1 saturated heterocycles. The van der Waals surface area contributed by atoms with E-state index in [0.29, 0.717) is 0 Å². The summed E-state index contributed by atoms with van der Waals surface area (Å²) in [5.41, 5.74) is 0. The van der Waals surface area contributed by atoms with Gasteiger partial charge < -0.3 is 5.32 Å². The summed E-state index contributed by atoms with van der Waals surface area (Å²) < 4.78 is 0. The van der Waals surface area contributed by atoms with Crippen LogP contribution in [0.15, 0.2) is 0 Å². The average molecular weight is 136 g/mol. The zero-order chi connectivity index (χ0) is 5.54. The lowest BCUT2D eigenvalue weighted by Crippen LogP contribution is -1.77. The molecular weight excluding hydrogens is 127 g/mol. The van der Waals surface area contributed by atoms with Gasteiger partial charge in [0.2, 0.25) is 0 Å². The van der Waals surface area contributed by atoms with E-state index in [4.69, 9.17) is 0 Å². The van der Waals surface area contributed by atoms with Crippen molar-refractivity contribution in [1.29, 1.82) is 0 Å². The van der Waals surface area contributed by atoms with Crippen molar-refractivity contribution in [2.24, 2.45) is 0 Å². The molecule has 7 heavy (non-hydrogen) atoms. The van der Waals surface area contributed by atoms with Crippen molar-refractivity contribution < 1.29 is 0 Å². The smallest absolute Gasteiger partial charge is 0.0582 e. The maximum atomic E-state index is 4.41. The standard InChI is InChI=1S/C2H5N.CH4NPS/c1-2-3-1;1-2-3-4/h3H,1-2H2;1H3,(H,2,4). The second-order valence-corrected chi connectivity index (χ2v) is 2.24. The molecule has 42 valence electrons. The lowest BCUT2D eigenvalue weighted by atomic mass is 11.0. The van der Waals surface area contributed by atoms with Crippen LogP contribution < -0.4 is 10.4 Å². The molecule has 1 fully saturated rings. The molecule has 1 aliphatic rings. The van der Waals surface area contributed by atoms with E-state index >= 15 is 0 Å². The molecule has 0 spiro atoms. The summed E-state index contributed by atoms with van der Waals surface area (Å²) in [6.07, 6.45) is 0. The first kappa shape index (κ1) is 7.44. The van der Waals surface area contributed by atoms with Gasteiger partial charge in [0.1, 0.15) is 0 Å². The van der Waals surface area contributed by atoms with Gasteiger partial charge in [0.05, 0.1) is 7.51 Å². The largest absolute Gasteiger partial charge is 0.314 e. The first-order valence-electron chi connectivity index (χ1n) is 2.11. The highest BCUT2D eigenvalue weighted by atomic mass is 32.4. The van der Waals surface area contributed by atoms with Crippen molar-refractivity contribution in [3.05, 3.63) is 0 Å². The second-order valence-electron chi connectivity index (χ2n) is 1.06. The minimum atomic E-state index is 0.832. The molecule has 1 rings (SSSR count). The highest BCUT2D eigenvalue weighted by Crippen LogP contribution is 1.69. The molecule has 1 aliphatic heterocycles. The minimum Gasteiger partial charge on any atom is -0.314 e. The van der Waals surface area contributed by atoms with Crippen LogP contribution in [0.1, 0.15) is 0 Å². The molecule has 0 aliphatic carbocycles. The van der Waals surface area contributed by atoms with Crippen LogP contribution in [0.3, 0.4) is 0 Å². The molecule has 2 N–H and O–H groups in total. The Labute approximate surface area is 50.6 Å². The first-order chi connectivity index (χ1) is 3.41. The molecule has 0 saturated carbocycles. The number of hydrogen-bond donors (Lipinski definition) is 2. The topological polar surface area (TPSA) is 34.0 Å². The Morgan fingerprint density at radius 1 is 1.71 bits per heavy atom. The Morgan fingerprint density at radius 3 is 2.00 bits per heavy atom. The zero-order valence-electron chi connectivity index (χ0n) is 4.27. The van der Waals surface area contributed by atoms with Gasteiger partial charge >= 0.3 is 0 Å². The fraction of sp³-hybridized carbons (Fsp3) is 1.00. The monoisotopic (exact) mass is 136 g/mol. The van der Waals surface area contributed by atoms with Gasteiger partial charge in [-0.2, -0.15) is 0 Å². The van der Waals surface area contributed by atoms with E-state index in [9.17, 15) is 0 Å². The van der Waals surface area contributed by atoms with E-state index in [1.54, 1.807) is 0 Å². The van der Waals surface area contributed by atoms with Gasteiger partial charge in [-0.25, -0.2) is 0 Å². The third kappa shape index (κ3) is 21.3. The first-order valence-corrected chi connectivity index (χ1v) is 4.02. The summed E-state index contributed by atoms with van der Waals surface area (Å²) in [4.78, 5) is 0. The predicted octanol–water partition coefficient (Wildman–Crippen LogP) is 0.118. The number of rotatable bonds is 1. The summed E-state index contributed by atoms with van der Waals surface area (Å²) >= 11 is 4.41. The number of nitrogens with one attached hydrogen (secondary N) is 2. The molecule has 2 nitrogen and oxygen atoms in total. The molecule has 1 heterocycles. The third-order valence-electron chi connectivity index (χ3n) is 0.341. The molecule has 0 atom stereocenters. The summed E-state index contributed by atoms with van der Waals surface area (Å²) in [5.74, 6) is 0. The molecule has 0 aromatic rings. The minimum absolute atomic E-state index is 0.832. The van der Waals surface area contributed by atoms with Gasteiger partial charge in [-0.05, 0) is 18.9 Å². The average Bonchev–Trinajstić information content (AvgIpc) is 2.47. The quantitative estimate of drug-likeness (QED) is 0.397. The van der Waals surface area contributed by atoms with Crippen LogP contribution in [-0.4, -0.2) is 20.1 Å². The lowest BCUT2D eigenvalue weighted by Gasteiger charge is -1.62. The normalized spacial score (nSPS) is 15.0. The highest BCUT2D eigenvalue weighted by Gasteiger charge is 1.91. The third-order valence-corrected chi connectivity index (χ3v) is 1.07. The van der Waals surface area contributed by atoms with Crippen LogP contribution >= 0.6 is 7.51 Å². The molecule has 0 amide bonds. The van der Waals surface area contributed by atoms with Crippen LogP contribution in [0.5, 0.6) is 0 Å². The van der Waals surface area contributed by atoms with Gasteiger partial charge in [-0.3, -0.25) is 5.09 Å². The second kappa shape index (κ2) is 6.44. The fourth-order valence-corrected chi connectivity index (χ4v) is 0. The van der Waals surface area contributed by atoms with Crippen LogP contribution in [0.25, 0.3) is 0 Å². The molecule has 0 aromatic carbocycles. The van der Waals surface area contributed by atoms with Crippen molar-refractivity contribution in [3.63, 3.8) is 0 Å². The van der Waals surface area contributed by atoms with E-state index in [-0.39, 0.29) is 0 Å². The summed E-state index contributed by atoms with van der Waals surface area (Å²) in [6, 6.07) is 0. The zero-order valence-corrected chi connectivity index (χ0v) is 5.98. The predicted molar refractivity (Wildman–Crippen MR) is 36.2 cm³/mol. The SMILES string of the molecule is C1CN1.CNP=S. The van der Waals surface area contributed by atoms with E-state index in [1.165, 1.54) is 13.1 Å².